The van der Waals surface area contributed by atoms with Crippen LogP contribution < -0.4 is 0 Å². The van der Waals surface area contributed by atoms with Crippen LogP contribution in [0.1, 0.15) is 12.0 Å². The molecule has 0 unspecified atom stereocenters. The lowest BCUT2D eigenvalue weighted by molar-refractivity contribution is -0.385. The number of ketones is 1. The van der Waals surface area contributed by atoms with Crippen LogP contribution in [0, 0.1) is 10.1 Å². The summed E-state index contributed by atoms with van der Waals surface area (Å²) in [5.41, 5.74) is 1.06. The predicted molar refractivity (Wildman–Crippen MR) is 69.0 cm³/mol. The van der Waals surface area contributed by atoms with E-state index in [1.165, 1.54) is 18.2 Å². The Hall–Kier alpha value is -2.49. The Kier molecular flexibility index (Phi) is 3.48. The Morgan fingerprint density at radius 1 is 1.33 bits per heavy atom. The molecule has 0 bridgehead atoms. The van der Waals surface area contributed by atoms with Crippen LogP contribution in [0.25, 0.3) is 6.08 Å². The fourth-order valence-electron chi connectivity index (χ4n) is 1.70. The number of allylic oxidation sites excluding steroid dienone is 5. The summed E-state index contributed by atoms with van der Waals surface area (Å²) in [5, 5.41) is 10.8. The molecule has 1 aliphatic rings. The zero-order chi connectivity index (χ0) is 13.0. The largest absolute Gasteiger partial charge is 0.289 e. The molecular formula is C14H11NO3. The third kappa shape index (κ3) is 2.60. The molecule has 0 heterocycles. The van der Waals surface area contributed by atoms with Crippen LogP contribution >= 0.6 is 0 Å². The highest BCUT2D eigenvalue weighted by Crippen LogP contribution is 2.19. The smallest absolute Gasteiger partial charge is 0.276 e. The van der Waals surface area contributed by atoms with Gasteiger partial charge in [-0.15, -0.1) is 0 Å². The van der Waals surface area contributed by atoms with Gasteiger partial charge < -0.3 is 0 Å². The molecule has 0 N–H and O–H groups in total. The minimum atomic E-state index is -0.459. The Balaban J connectivity index is 2.21. The second-order valence-electron chi connectivity index (χ2n) is 3.81. The standard InChI is InChI=1S/C14H11NO3/c16-14(12-6-1-2-7-12)10-9-11-5-3-4-8-13(11)15(17)18/h1,3-10H,2H2/b10-9+. The minimum absolute atomic E-state index is 0.00232. The maximum Gasteiger partial charge on any atom is 0.276 e. The molecule has 4 nitrogen and oxygen atoms in total. The average molecular weight is 241 g/mol. The molecule has 90 valence electrons. The van der Waals surface area contributed by atoms with Crippen molar-refractivity contribution in [2.45, 2.75) is 6.42 Å². The minimum Gasteiger partial charge on any atom is -0.289 e. The number of nitro groups is 1. The monoisotopic (exact) mass is 241 g/mol. The molecule has 4 heteroatoms. The predicted octanol–water partition coefficient (Wildman–Crippen LogP) is 3.06. The molecule has 0 fully saturated rings. The van der Waals surface area contributed by atoms with E-state index >= 15 is 0 Å². The lowest BCUT2D eigenvalue weighted by Gasteiger charge is -1.96. The van der Waals surface area contributed by atoms with E-state index in [1.807, 2.05) is 12.2 Å². The zero-order valence-corrected chi connectivity index (χ0v) is 9.58. The highest BCUT2D eigenvalue weighted by atomic mass is 16.6. The van der Waals surface area contributed by atoms with Crippen LogP contribution in [0.3, 0.4) is 0 Å². The van der Waals surface area contributed by atoms with Crippen molar-refractivity contribution in [3.05, 3.63) is 69.8 Å². The number of rotatable bonds is 4. The summed E-state index contributed by atoms with van der Waals surface area (Å²) in [6.45, 7) is 0. The summed E-state index contributed by atoms with van der Waals surface area (Å²) in [4.78, 5) is 22.1. The number of carbonyl (C=O) groups is 1. The van der Waals surface area contributed by atoms with Gasteiger partial charge in [-0.2, -0.15) is 0 Å². The van der Waals surface area contributed by atoms with E-state index in [0.717, 1.165) is 6.42 Å². The van der Waals surface area contributed by atoms with E-state index in [9.17, 15) is 14.9 Å². The fourth-order valence-corrected chi connectivity index (χ4v) is 1.70. The quantitative estimate of drug-likeness (QED) is 0.462. The van der Waals surface area contributed by atoms with Gasteiger partial charge >= 0.3 is 0 Å². The van der Waals surface area contributed by atoms with Gasteiger partial charge in [-0.05, 0) is 24.6 Å². The first kappa shape index (κ1) is 12.0. The van der Waals surface area contributed by atoms with E-state index in [-0.39, 0.29) is 11.5 Å². The van der Waals surface area contributed by atoms with Crippen LogP contribution in [-0.2, 0) is 4.79 Å². The van der Waals surface area contributed by atoms with Gasteiger partial charge in [0.1, 0.15) is 0 Å². The molecule has 0 aromatic heterocycles. The number of nitro benzene ring substituents is 1. The Morgan fingerprint density at radius 3 is 2.78 bits per heavy atom. The van der Waals surface area contributed by atoms with Crippen molar-refractivity contribution in [3.8, 4) is 0 Å². The lowest BCUT2D eigenvalue weighted by atomic mass is 10.1. The van der Waals surface area contributed by atoms with Crippen molar-refractivity contribution in [2.24, 2.45) is 0 Å². The van der Waals surface area contributed by atoms with Gasteiger partial charge in [0.25, 0.3) is 5.69 Å². The Labute approximate surface area is 104 Å². The van der Waals surface area contributed by atoms with E-state index in [4.69, 9.17) is 0 Å². The van der Waals surface area contributed by atoms with Crippen LogP contribution in [0.4, 0.5) is 5.69 Å². The molecule has 1 aromatic carbocycles. The zero-order valence-electron chi connectivity index (χ0n) is 9.58. The first-order chi connectivity index (χ1) is 8.68. The summed E-state index contributed by atoms with van der Waals surface area (Å²) in [5.74, 6) is -0.137. The van der Waals surface area contributed by atoms with Crippen molar-refractivity contribution in [1.29, 1.82) is 0 Å². The molecule has 1 aromatic rings. The molecule has 0 atom stereocenters. The van der Waals surface area contributed by atoms with E-state index < -0.39 is 4.92 Å². The number of benzene rings is 1. The van der Waals surface area contributed by atoms with Crippen LogP contribution in [-0.4, -0.2) is 10.7 Å². The summed E-state index contributed by atoms with van der Waals surface area (Å²) in [6, 6.07) is 6.32. The SMILES string of the molecule is O=C(/C=C/c1ccccc1[N+](=O)[O-])C1=CCC=C1. The first-order valence-electron chi connectivity index (χ1n) is 5.51. The molecule has 0 amide bonds. The molecule has 2 rings (SSSR count). The van der Waals surface area contributed by atoms with Crippen molar-refractivity contribution >= 4 is 17.5 Å². The number of para-hydroxylation sites is 1. The number of hydrogen-bond donors (Lipinski definition) is 0. The first-order valence-corrected chi connectivity index (χ1v) is 5.51. The third-order valence-corrected chi connectivity index (χ3v) is 2.60. The van der Waals surface area contributed by atoms with Crippen LogP contribution in [0.5, 0.6) is 0 Å². The van der Waals surface area contributed by atoms with Crippen LogP contribution in [0.15, 0.2) is 54.1 Å². The van der Waals surface area contributed by atoms with Gasteiger partial charge in [-0.1, -0.05) is 30.4 Å². The number of nitrogens with zero attached hydrogens (tertiary/aromatic N) is 1. The van der Waals surface area contributed by atoms with E-state index in [2.05, 4.69) is 0 Å². The summed E-state index contributed by atoms with van der Waals surface area (Å²) in [6.07, 6.45) is 9.09. The highest BCUT2D eigenvalue weighted by Gasteiger charge is 2.10. The fraction of sp³-hybridized carbons (Fsp3) is 0.0714. The van der Waals surface area contributed by atoms with Gasteiger partial charge in [0.2, 0.25) is 0 Å². The molecule has 0 aliphatic heterocycles. The summed E-state index contributed by atoms with van der Waals surface area (Å²) in [7, 11) is 0. The van der Waals surface area contributed by atoms with Gasteiger partial charge in [0.15, 0.2) is 5.78 Å². The third-order valence-electron chi connectivity index (χ3n) is 2.60. The average Bonchev–Trinajstić information content (AvgIpc) is 2.90. The van der Waals surface area contributed by atoms with Crippen molar-refractivity contribution in [1.82, 2.24) is 0 Å². The highest BCUT2D eigenvalue weighted by molar-refractivity contribution is 6.08. The molecule has 0 saturated heterocycles. The van der Waals surface area contributed by atoms with Crippen molar-refractivity contribution in [2.75, 3.05) is 0 Å². The Morgan fingerprint density at radius 2 is 2.11 bits per heavy atom. The molecule has 0 saturated carbocycles. The number of hydrogen-bond acceptors (Lipinski definition) is 3. The molecule has 1 aliphatic carbocycles. The van der Waals surface area contributed by atoms with Gasteiger partial charge in [-0.25, -0.2) is 0 Å². The maximum atomic E-state index is 11.7. The van der Waals surface area contributed by atoms with E-state index in [1.54, 1.807) is 24.3 Å². The summed E-state index contributed by atoms with van der Waals surface area (Å²) >= 11 is 0. The second kappa shape index (κ2) is 5.23. The van der Waals surface area contributed by atoms with Crippen molar-refractivity contribution < 1.29 is 9.72 Å². The molecule has 0 spiro atoms. The molecular weight excluding hydrogens is 230 g/mol. The van der Waals surface area contributed by atoms with Crippen molar-refractivity contribution in [3.63, 3.8) is 0 Å². The maximum absolute atomic E-state index is 11.7. The summed E-state index contributed by atoms with van der Waals surface area (Å²) < 4.78 is 0. The molecule has 18 heavy (non-hydrogen) atoms. The lowest BCUT2D eigenvalue weighted by Crippen LogP contribution is -1.94. The normalized spacial score (nSPS) is 13.9. The van der Waals surface area contributed by atoms with Crippen LogP contribution in [0.2, 0.25) is 0 Å². The Bertz CT molecular complexity index is 582. The van der Waals surface area contributed by atoms with Gasteiger partial charge in [0.05, 0.1) is 10.5 Å². The van der Waals surface area contributed by atoms with Gasteiger partial charge in [-0.3, -0.25) is 14.9 Å². The van der Waals surface area contributed by atoms with Gasteiger partial charge in [0, 0.05) is 11.6 Å². The topological polar surface area (TPSA) is 60.2 Å². The number of carbonyl (C=O) groups excluding carboxylic acids is 1. The molecule has 0 radical (unpaired) electrons. The van der Waals surface area contributed by atoms with E-state index in [0.29, 0.717) is 11.1 Å². The second-order valence-corrected chi connectivity index (χ2v) is 3.81.